The van der Waals surface area contributed by atoms with Gasteiger partial charge in [0.25, 0.3) is 5.91 Å². The van der Waals surface area contributed by atoms with Crippen molar-refractivity contribution >= 4 is 27.5 Å². The van der Waals surface area contributed by atoms with Crippen LogP contribution in [0.3, 0.4) is 0 Å². The standard InChI is InChI=1S/C14H11BrF2N2O/c15-11-5-8(1-3-13(11)17)7-19-9-2-4-12(16)10(6-9)14(18)20/h1-6,19H,7H2,(H2,18,20). The van der Waals surface area contributed by atoms with E-state index in [9.17, 15) is 13.6 Å². The second-order valence-electron chi connectivity index (χ2n) is 4.16. The summed E-state index contributed by atoms with van der Waals surface area (Å²) in [5, 5.41) is 3.01. The van der Waals surface area contributed by atoms with Crippen LogP contribution < -0.4 is 11.1 Å². The number of hydrogen-bond donors (Lipinski definition) is 2. The van der Waals surface area contributed by atoms with Crippen LogP contribution in [-0.4, -0.2) is 5.91 Å². The van der Waals surface area contributed by atoms with E-state index in [2.05, 4.69) is 21.2 Å². The van der Waals surface area contributed by atoms with E-state index in [0.717, 1.165) is 5.56 Å². The number of carbonyl (C=O) groups excluding carboxylic acids is 1. The van der Waals surface area contributed by atoms with Crippen molar-refractivity contribution in [3.63, 3.8) is 0 Å². The van der Waals surface area contributed by atoms with E-state index in [0.29, 0.717) is 16.7 Å². The van der Waals surface area contributed by atoms with Crippen LogP contribution in [0.5, 0.6) is 0 Å². The number of benzene rings is 2. The molecule has 6 heteroatoms. The molecule has 0 aliphatic heterocycles. The molecule has 0 atom stereocenters. The molecular formula is C14H11BrF2N2O. The van der Waals surface area contributed by atoms with Crippen LogP contribution in [0.2, 0.25) is 0 Å². The van der Waals surface area contributed by atoms with Crippen molar-refractivity contribution in [2.75, 3.05) is 5.32 Å². The fourth-order valence-electron chi connectivity index (χ4n) is 1.68. The molecule has 2 aromatic carbocycles. The van der Waals surface area contributed by atoms with E-state index in [1.54, 1.807) is 12.1 Å². The molecule has 0 fully saturated rings. The van der Waals surface area contributed by atoms with Gasteiger partial charge in [0.05, 0.1) is 10.0 Å². The predicted octanol–water partition coefficient (Wildman–Crippen LogP) is 3.44. The summed E-state index contributed by atoms with van der Waals surface area (Å²) in [6, 6.07) is 8.63. The maximum Gasteiger partial charge on any atom is 0.251 e. The van der Waals surface area contributed by atoms with E-state index < -0.39 is 11.7 Å². The van der Waals surface area contributed by atoms with Crippen LogP contribution in [-0.2, 0) is 6.54 Å². The van der Waals surface area contributed by atoms with E-state index in [1.807, 2.05) is 0 Å². The van der Waals surface area contributed by atoms with Gasteiger partial charge in [0.1, 0.15) is 11.6 Å². The van der Waals surface area contributed by atoms with Gasteiger partial charge in [-0.05, 0) is 51.8 Å². The summed E-state index contributed by atoms with van der Waals surface area (Å²) in [4.78, 5) is 11.0. The zero-order valence-electron chi connectivity index (χ0n) is 10.3. The number of amides is 1. The largest absolute Gasteiger partial charge is 0.381 e. The Morgan fingerprint density at radius 1 is 1.15 bits per heavy atom. The second-order valence-corrected chi connectivity index (χ2v) is 5.02. The van der Waals surface area contributed by atoms with E-state index in [-0.39, 0.29) is 11.4 Å². The van der Waals surface area contributed by atoms with Gasteiger partial charge < -0.3 is 11.1 Å². The number of nitrogens with two attached hydrogens (primary N) is 1. The van der Waals surface area contributed by atoms with E-state index in [1.165, 1.54) is 24.3 Å². The molecule has 0 unspecified atom stereocenters. The summed E-state index contributed by atoms with van der Waals surface area (Å²) < 4.78 is 26.8. The molecule has 0 aliphatic carbocycles. The summed E-state index contributed by atoms with van der Waals surface area (Å²) in [7, 11) is 0. The third kappa shape index (κ3) is 3.33. The lowest BCUT2D eigenvalue weighted by Crippen LogP contribution is -2.13. The molecule has 20 heavy (non-hydrogen) atoms. The van der Waals surface area contributed by atoms with Gasteiger partial charge in [0, 0.05) is 12.2 Å². The van der Waals surface area contributed by atoms with Gasteiger partial charge in [-0.25, -0.2) is 8.78 Å². The summed E-state index contributed by atoms with van der Waals surface area (Å²) in [6.45, 7) is 0.405. The molecular weight excluding hydrogens is 330 g/mol. The number of hydrogen-bond acceptors (Lipinski definition) is 2. The minimum Gasteiger partial charge on any atom is -0.381 e. The number of primary amides is 1. The van der Waals surface area contributed by atoms with Gasteiger partial charge in [-0.2, -0.15) is 0 Å². The monoisotopic (exact) mass is 340 g/mol. The number of rotatable bonds is 4. The van der Waals surface area contributed by atoms with Crippen molar-refractivity contribution in [1.29, 1.82) is 0 Å². The van der Waals surface area contributed by atoms with Crippen LogP contribution in [0.1, 0.15) is 15.9 Å². The first-order valence-electron chi connectivity index (χ1n) is 5.74. The Hall–Kier alpha value is -1.95. The van der Waals surface area contributed by atoms with Crippen LogP contribution in [0.15, 0.2) is 40.9 Å². The van der Waals surface area contributed by atoms with Crippen molar-refractivity contribution < 1.29 is 13.6 Å². The summed E-state index contributed by atoms with van der Waals surface area (Å²) in [5.41, 5.74) is 6.29. The second kappa shape index (κ2) is 6.00. The van der Waals surface area contributed by atoms with E-state index in [4.69, 9.17) is 5.73 Å². The molecule has 3 N–H and O–H groups in total. The summed E-state index contributed by atoms with van der Waals surface area (Å²) in [5.74, 6) is -1.82. The first-order chi connectivity index (χ1) is 9.47. The van der Waals surface area contributed by atoms with Gasteiger partial charge >= 0.3 is 0 Å². The number of halogens is 3. The SMILES string of the molecule is NC(=O)c1cc(NCc2ccc(F)c(Br)c2)ccc1F. The minimum atomic E-state index is -0.823. The van der Waals surface area contributed by atoms with Crippen LogP contribution in [0.4, 0.5) is 14.5 Å². The maximum atomic E-state index is 13.3. The third-order valence-corrected chi connectivity index (χ3v) is 3.32. The summed E-state index contributed by atoms with van der Waals surface area (Å²) in [6.07, 6.45) is 0. The Morgan fingerprint density at radius 2 is 1.85 bits per heavy atom. The smallest absolute Gasteiger partial charge is 0.251 e. The topological polar surface area (TPSA) is 55.1 Å². The van der Waals surface area contributed by atoms with Gasteiger partial charge in [0.2, 0.25) is 0 Å². The molecule has 0 aromatic heterocycles. The van der Waals surface area contributed by atoms with Crippen molar-refractivity contribution in [2.24, 2.45) is 5.73 Å². The van der Waals surface area contributed by atoms with Gasteiger partial charge in [-0.15, -0.1) is 0 Å². The molecule has 0 saturated carbocycles. The highest BCUT2D eigenvalue weighted by Gasteiger charge is 2.09. The Bertz CT molecular complexity index is 662. The Kier molecular flexibility index (Phi) is 4.34. The third-order valence-electron chi connectivity index (χ3n) is 2.71. The highest BCUT2D eigenvalue weighted by molar-refractivity contribution is 9.10. The lowest BCUT2D eigenvalue weighted by atomic mass is 10.1. The quantitative estimate of drug-likeness (QED) is 0.895. The van der Waals surface area contributed by atoms with Crippen molar-refractivity contribution in [3.8, 4) is 0 Å². The van der Waals surface area contributed by atoms with E-state index >= 15 is 0 Å². The van der Waals surface area contributed by atoms with Crippen LogP contribution in [0, 0.1) is 11.6 Å². The zero-order valence-corrected chi connectivity index (χ0v) is 11.9. The highest BCUT2D eigenvalue weighted by Crippen LogP contribution is 2.19. The summed E-state index contributed by atoms with van der Waals surface area (Å²) >= 11 is 3.10. The molecule has 0 aliphatic rings. The average molecular weight is 341 g/mol. The van der Waals surface area contributed by atoms with Gasteiger partial charge in [-0.1, -0.05) is 6.07 Å². The molecule has 0 saturated heterocycles. The first-order valence-corrected chi connectivity index (χ1v) is 6.54. The van der Waals surface area contributed by atoms with Crippen molar-refractivity contribution in [3.05, 3.63) is 63.6 Å². The normalized spacial score (nSPS) is 10.3. The Morgan fingerprint density at radius 3 is 2.50 bits per heavy atom. The highest BCUT2D eigenvalue weighted by atomic mass is 79.9. The van der Waals surface area contributed by atoms with Gasteiger partial charge in [0.15, 0.2) is 0 Å². The fraction of sp³-hybridized carbons (Fsp3) is 0.0714. The Labute approximate surface area is 122 Å². The van der Waals surface area contributed by atoms with Crippen LogP contribution in [0.25, 0.3) is 0 Å². The first kappa shape index (κ1) is 14.5. The molecule has 0 bridgehead atoms. The molecule has 104 valence electrons. The number of nitrogens with one attached hydrogen (secondary N) is 1. The van der Waals surface area contributed by atoms with Crippen molar-refractivity contribution in [2.45, 2.75) is 6.54 Å². The molecule has 3 nitrogen and oxygen atoms in total. The average Bonchev–Trinajstić information content (AvgIpc) is 2.41. The lowest BCUT2D eigenvalue weighted by molar-refractivity contribution is 0.0996. The van der Waals surface area contributed by atoms with Crippen molar-refractivity contribution in [1.82, 2.24) is 0 Å². The Balaban J connectivity index is 2.12. The predicted molar refractivity (Wildman–Crippen MR) is 76.3 cm³/mol. The number of carbonyl (C=O) groups is 1. The molecule has 0 radical (unpaired) electrons. The zero-order chi connectivity index (χ0) is 14.7. The molecule has 2 rings (SSSR count). The fourth-order valence-corrected chi connectivity index (χ4v) is 2.10. The minimum absolute atomic E-state index is 0.171. The molecule has 1 amide bonds. The molecule has 0 heterocycles. The maximum absolute atomic E-state index is 13.3. The van der Waals surface area contributed by atoms with Crippen LogP contribution >= 0.6 is 15.9 Å². The molecule has 0 spiro atoms. The van der Waals surface area contributed by atoms with Gasteiger partial charge in [-0.3, -0.25) is 4.79 Å². The molecule has 2 aromatic rings. The number of anilines is 1. The lowest BCUT2D eigenvalue weighted by Gasteiger charge is -2.09.